The maximum absolute atomic E-state index is 14.5. The minimum Gasteiger partial charge on any atom is -0.381 e. The fourth-order valence-electron chi connectivity index (χ4n) is 4.45. The number of anilines is 1. The largest absolute Gasteiger partial charge is 0.381 e. The minimum atomic E-state index is -4.19. The number of nitrogens with zero attached hydrogens (tertiary/aromatic N) is 2. The van der Waals surface area contributed by atoms with Crippen molar-refractivity contribution < 1.29 is 21.9 Å². The molecule has 2 atom stereocenters. The molecule has 0 bridgehead atoms. The predicted molar refractivity (Wildman–Crippen MR) is 113 cm³/mol. The van der Waals surface area contributed by atoms with Crippen molar-refractivity contribution in [3.05, 3.63) is 78.8 Å². The Morgan fingerprint density at radius 1 is 1.00 bits per heavy atom. The molecule has 2 fully saturated rings. The van der Waals surface area contributed by atoms with Gasteiger partial charge in [-0.2, -0.15) is 0 Å². The topological polar surface area (TPSA) is 51.5 Å². The normalized spacial score (nSPS) is 20.9. The fraction of sp³-hybridized carbons (Fsp3) is 0.261. The molecule has 8 heteroatoms. The average Bonchev–Trinajstić information content (AvgIpc) is 3.42. The summed E-state index contributed by atoms with van der Waals surface area (Å²) in [5.41, 5.74) is 1.19. The lowest BCUT2D eigenvalue weighted by molar-refractivity contribution is 0.177. The van der Waals surface area contributed by atoms with Gasteiger partial charge in [-0.25, -0.2) is 21.2 Å². The molecule has 1 radical (unpaired) electrons. The molecule has 2 saturated heterocycles. The average molecular weight is 443 g/mol. The van der Waals surface area contributed by atoms with Crippen LogP contribution in [-0.4, -0.2) is 38.7 Å². The molecule has 5 nitrogen and oxygen atoms in total. The number of rotatable bonds is 4. The second kappa shape index (κ2) is 7.46. The van der Waals surface area contributed by atoms with Crippen LogP contribution in [0.2, 0.25) is 0 Å². The molecule has 2 unspecified atom stereocenters. The quantitative estimate of drug-likeness (QED) is 0.613. The number of hydrogen-bond donors (Lipinski definition) is 0. The third-order valence-electron chi connectivity index (χ3n) is 6.01. The first-order chi connectivity index (χ1) is 14.8. The van der Waals surface area contributed by atoms with Crippen LogP contribution in [0, 0.1) is 30.4 Å². The standard InChI is InChI=1S/C23H21F2N2O3S/c1-15-6-23(21-4-2-3-5-22(21)25)27(10-15)31(28,29)20-8-18(24)7-19(9-20)26-11-16-13-30-14-17(16)12-26/h2-10,16-17H,1,11-14H2. The van der Waals surface area contributed by atoms with Crippen LogP contribution in [0.3, 0.4) is 0 Å². The van der Waals surface area contributed by atoms with Crippen molar-refractivity contribution in [2.45, 2.75) is 4.90 Å². The Hall–Kier alpha value is -2.71. The highest BCUT2D eigenvalue weighted by atomic mass is 32.2. The number of fused-ring (bicyclic) bond motifs is 1. The zero-order valence-electron chi connectivity index (χ0n) is 16.7. The van der Waals surface area contributed by atoms with Crippen LogP contribution in [0.15, 0.2) is 59.6 Å². The van der Waals surface area contributed by atoms with Gasteiger partial charge in [0, 0.05) is 42.4 Å². The van der Waals surface area contributed by atoms with Crippen LogP contribution in [0.1, 0.15) is 5.56 Å². The first kappa shape index (κ1) is 20.2. The zero-order chi connectivity index (χ0) is 21.8. The lowest BCUT2D eigenvalue weighted by Crippen LogP contribution is -2.23. The zero-order valence-corrected chi connectivity index (χ0v) is 17.5. The van der Waals surface area contributed by atoms with E-state index in [2.05, 4.69) is 6.92 Å². The summed E-state index contributed by atoms with van der Waals surface area (Å²) in [4.78, 5) is 1.81. The fourth-order valence-corrected chi connectivity index (χ4v) is 5.89. The summed E-state index contributed by atoms with van der Waals surface area (Å²) in [7, 11) is -4.19. The van der Waals surface area contributed by atoms with E-state index in [1.54, 1.807) is 6.07 Å². The Morgan fingerprint density at radius 3 is 2.42 bits per heavy atom. The number of benzene rings is 2. The summed E-state index contributed by atoms with van der Waals surface area (Å²) in [5.74, 6) is -0.454. The highest BCUT2D eigenvalue weighted by molar-refractivity contribution is 7.90. The van der Waals surface area contributed by atoms with Gasteiger partial charge >= 0.3 is 0 Å². The third kappa shape index (κ3) is 3.53. The molecule has 2 aliphatic heterocycles. The first-order valence-electron chi connectivity index (χ1n) is 10.0. The Morgan fingerprint density at radius 2 is 1.71 bits per heavy atom. The number of ether oxygens (including phenoxy) is 1. The molecule has 3 aromatic rings. The van der Waals surface area contributed by atoms with E-state index < -0.39 is 21.7 Å². The van der Waals surface area contributed by atoms with Gasteiger partial charge in [0.05, 0.1) is 23.8 Å². The van der Waals surface area contributed by atoms with Crippen LogP contribution in [0.5, 0.6) is 0 Å². The third-order valence-corrected chi connectivity index (χ3v) is 7.66. The Balaban J connectivity index is 1.57. The van der Waals surface area contributed by atoms with Crippen molar-refractivity contribution in [3.8, 4) is 11.3 Å². The second-order valence-electron chi connectivity index (χ2n) is 8.12. The molecule has 0 N–H and O–H groups in total. The second-order valence-corrected chi connectivity index (χ2v) is 9.94. The first-order valence-corrected chi connectivity index (χ1v) is 11.4. The molecule has 2 aliphatic rings. The van der Waals surface area contributed by atoms with E-state index in [0.29, 0.717) is 49.4 Å². The van der Waals surface area contributed by atoms with Crippen molar-refractivity contribution in [2.75, 3.05) is 31.2 Å². The molecular formula is C23H21F2N2O3S. The van der Waals surface area contributed by atoms with Crippen molar-refractivity contribution in [3.63, 3.8) is 0 Å². The molecule has 31 heavy (non-hydrogen) atoms. The van der Waals surface area contributed by atoms with Crippen LogP contribution in [0.25, 0.3) is 11.3 Å². The smallest absolute Gasteiger partial charge is 0.268 e. The van der Waals surface area contributed by atoms with E-state index in [1.807, 2.05) is 4.90 Å². The molecule has 0 aliphatic carbocycles. The van der Waals surface area contributed by atoms with Crippen LogP contribution in [-0.2, 0) is 14.8 Å². The van der Waals surface area contributed by atoms with E-state index in [9.17, 15) is 17.2 Å². The van der Waals surface area contributed by atoms with Gasteiger partial charge in [-0.05, 0) is 48.9 Å². The predicted octanol–water partition coefficient (Wildman–Crippen LogP) is 3.94. The highest BCUT2D eigenvalue weighted by Crippen LogP contribution is 2.35. The molecule has 0 amide bonds. The maximum Gasteiger partial charge on any atom is 0.268 e. The highest BCUT2D eigenvalue weighted by Gasteiger charge is 2.37. The van der Waals surface area contributed by atoms with Crippen LogP contribution in [0.4, 0.5) is 14.5 Å². The molecule has 5 rings (SSSR count). The number of aromatic nitrogens is 1. The van der Waals surface area contributed by atoms with E-state index in [1.165, 1.54) is 42.6 Å². The lowest BCUT2D eigenvalue weighted by atomic mass is 10.0. The summed E-state index contributed by atoms with van der Waals surface area (Å²) >= 11 is 0. The van der Waals surface area contributed by atoms with Gasteiger partial charge in [-0.3, -0.25) is 0 Å². The summed E-state index contributed by atoms with van der Waals surface area (Å²) in [6.07, 6.45) is 1.32. The van der Waals surface area contributed by atoms with Gasteiger partial charge < -0.3 is 9.64 Å². The van der Waals surface area contributed by atoms with Gasteiger partial charge in [-0.15, -0.1) is 0 Å². The Kier molecular flexibility index (Phi) is 4.86. The van der Waals surface area contributed by atoms with Gasteiger partial charge in [0.1, 0.15) is 11.6 Å². The summed E-state index contributed by atoms with van der Waals surface area (Å²) < 4.78 is 62.3. The van der Waals surface area contributed by atoms with Gasteiger partial charge in [0.15, 0.2) is 0 Å². The van der Waals surface area contributed by atoms with E-state index in [4.69, 9.17) is 4.74 Å². The summed E-state index contributed by atoms with van der Waals surface area (Å²) in [6.45, 7) is 6.52. The SMILES string of the molecule is [CH2]c1cc(-c2ccccc2F)n(S(=O)(=O)c2cc(F)cc(N3CC4COCC4C3)c2)c1. The molecule has 161 valence electrons. The van der Waals surface area contributed by atoms with Crippen molar-refractivity contribution in [1.82, 2.24) is 3.97 Å². The van der Waals surface area contributed by atoms with Gasteiger partial charge in [0.25, 0.3) is 10.0 Å². The molecule has 3 heterocycles. The molecule has 2 aromatic carbocycles. The summed E-state index contributed by atoms with van der Waals surface area (Å²) in [5, 5.41) is 0. The monoisotopic (exact) mass is 443 g/mol. The van der Waals surface area contributed by atoms with E-state index in [0.717, 1.165) is 10.0 Å². The van der Waals surface area contributed by atoms with Crippen LogP contribution < -0.4 is 4.90 Å². The van der Waals surface area contributed by atoms with Crippen LogP contribution >= 0.6 is 0 Å². The number of halogens is 2. The molecule has 1 aromatic heterocycles. The van der Waals surface area contributed by atoms with Gasteiger partial charge in [-0.1, -0.05) is 12.1 Å². The Labute approximate surface area is 179 Å². The van der Waals surface area contributed by atoms with Crippen molar-refractivity contribution in [2.24, 2.45) is 11.8 Å². The molecule has 0 spiro atoms. The maximum atomic E-state index is 14.5. The van der Waals surface area contributed by atoms with Crippen molar-refractivity contribution in [1.29, 1.82) is 0 Å². The lowest BCUT2D eigenvalue weighted by Gasteiger charge is -2.21. The minimum absolute atomic E-state index is 0.130. The van der Waals surface area contributed by atoms with Gasteiger partial charge in [0.2, 0.25) is 0 Å². The summed E-state index contributed by atoms with van der Waals surface area (Å²) in [6, 6.07) is 11.2. The van der Waals surface area contributed by atoms with E-state index >= 15 is 0 Å². The Bertz CT molecular complexity index is 1240. The molecular weight excluding hydrogens is 422 g/mol. The number of hydrogen-bond acceptors (Lipinski definition) is 4. The van der Waals surface area contributed by atoms with E-state index in [-0.39, 0.29) is 16.2 Å². The molecule has 0 saturated carbocycles. The van der Waals surface area contributed by atoms with Crippen molar-refractivity contribution >= 4 is 15.7 Å².